The lowest BCUT2D eigenvalue weighted by molar-refractivity contribution is -0.137. The Hall–Kier alpha value is -2.88. The molecule has 0 radical (unpaired) electrons. The van der Waals surface area contributed by atoms with Gasteiger partial charge in [-0.1, -0.05) is 12.1 Å². The summed E-state index contributed by atoms with van der Waals surface area (Å²) in [4.78, 5) is 25.1. The van der Waals surface area contributed by atoms with E-state index in [1.807, 2.05) is 17.5 Å². The molecule has 0 saturated heterocycles. The van der Waals surface area contributed by atoms with Crippen molar-refractivity contribution in [2.45, 2.75) is 12.7 Å². The van der Waals surface area contributed by atoms with Crippen LogP contribution in [-0.4, -0.2) is 26.8 Å². The zero-order valence-corrected chi connectivity index (χ0v) is 15.0. The second-order valence-corrected chi connectivity index (χ2v) is 6.65. The highest BCUT2D eigenvalue weighted by molar-refractivity contribution is 7.13. The van der Waals surface area contributed by atoms with Gasteiger partial charge in [0.2, 0.25) is 0 Å². The number of thiophene rings is 1. The molecule has 10 heteroatoms. The Labute approximate surface area is 155 Å². The highest BCUT2D eigenvalue weighted by Gasteiger charge is 2.30. The van der Waals surface area contributed by atoms with E-state index >= 15 is 0 Å². The van der Waals surface area contributed by atoms with Gasteiger partial charge in [0.05, 0.1) is 17.0 Å². The van der Waals surface area contributed by atoms with Gasteiger partial charge in [-0.2, -0.15) is 13.2 Å². The monoisotopic (exact) mass is 396 g/mol. The molecule has 0 fully saturated rings. The van der Waals surface area contributed by atoms with Crippen molar-refractivity contribution in [3.63, 3.8) is 0 Å². The molecular weight excluding hydrogens is 381 g/mol. The van der Waals surface area contributed by atoms with Crippen LogP contribution in [0.1, 0.15) is 15.9 Å². The number of halogens is 3. The predicted molar refractivity (Wildman–Crippen MR) is 94.6 cm³/mol. The summed E-state index contributed by atoms with van der Waals surface area (Å²) in [6.45, 7) is 0.151. The fourth-order valence-electron chi connectivity index (χ4n) is 2.47. The second-order valence-electron chi connectivity index (χ2n) is 5.70. The average molecular weight is 396 g/mol. The predicted octanol–water partition coefficient (Wildman–Crippen LogP) is 2.76. The molecule has 0 aliphatic rings. The molecule has 0 aliphatic heterocycles. The third-order valence-electron chi connectivity index (χ3n) is 3.84. The third-order valence-corrected chi connectivity index (χ3v) is 4.71. The Morgan fingerprint density at radius 3 is 2.70 bits per heavy atom. The topological polar surface area (TPSA) is 68.9 Å². The Kier molecular flexibility index (Phi) is 5.17. The van der Waals surface area contributed by atoms with Crippen LogP contribution in [-0.2, 0) is 19.8 Å². The Morgan fingerprint density at radius 1 is 1.26 bits per heavy atom. The molecule has 0 spiro atoms. The first kappa shape index (κ1) is 18.9. The SMILES string of the molecule is Cn1c(-c2cccs2)nn(CCNC(=O)c2cccc(C(F)(F)F)c2)c1=O. The number of hydrogen-bond acceptors (Lipinski definition) is 4. The number of nitrogens with zero attached hydrogens (tertiary/aromatic N) is 3. The van der Waals surface area contributed by atoms with Gasteiger partial charge in [-0.05, 0) is 29.6 Å². The zero-order valence-electron chi connectivity index (χ0n) is 14.2. The molecule has 0 aliphatic carbocycles. The van der Waals surface area contributed by atoms with E-state index in [0.29, 0.717) is 5.82 Å². The van der Waals surface area contributed by atoms with Crippen LogP contribution in [0.3, 0.4) is 0 Å². The summed E-state index contributed by atoms with van der Waals surface area (Å²) in [5.74, 6) is -0.136. The van der Waals surface area contributed by atoms with Gasteiger partial charge >= 0.3 is 11.9 Å². The molecule has 2 heterocycles. The summed E-state index contributed by atoms with van der Waals surface area (Å²) >= 11 is 1.44. The molecule has 1 aromatic carbocycles. The van der Waals surface area contributed by atoms with Crippen molar-refractivity contribution in [1.82, 2.24) is 19.7 Å². The van der Waals surface area contributed by atoms with Gasteiger partial charge in [0.1, 0.15) is 0 Å². The van der Waals surface area contributed by atoms with Gasteiger partial charge in [-0.3, -0.25) is 9.36 Å². The van der Waals surface area contributed by atoms with Gasteiger partial charge in [-0.15, -0.1) is 16.4 Å². The maximum absolute atomic E-state index is 12.7. The summed E-state index contributed by atoms with van der Waals surface area (Å²) in [6.07, 6.45) is -4.52. The number of alkyl halides is 3. The molecule has 27 heavy (non-hydrogen) atoms. The van der Waals surface area contributed by atoms with Crippen LogP contribution in [0.2, 0.25) is 0 Å². The van der Waals surface area contributed by atoms with Gasteiger partial charge in [0, 0.05) is 19.2 Å². The van der Waals surface area contributed by atoms with Gasteiger partial charge in [0.25, 0.3) is 5.91 Å². The smallest absolute Gasteiger partial charge is 0.350 e. The third kappa shape index (κ3) is 4.11. The minimum Gasteiger partial charge on any atom is -0.350 e. The maximum atomic E-state index is 12.7. The normalized spacial score (nSPS) is 11.6. The van der Waals surface area contributed by atoms with E-state index in [0.717, 1.165) is 17.0 Å². The summed E-state index contributed by atoms with van der Waals surface area (Å²) in [6, 6.07) is 7.85. The first-order valence-electron chi connectivity index (χ1n) is 7.90. The summed E-state index contributed by atoms with van der Waals surface area (Å²) < 4.78 is 40.8. The largest absolute Gasteiger partial charge is 0.416 e. The van der Waals surface area contributed by atoms with E-state index in [-0.39, 0.29) is 24.3 Å². The number of amides is 1. The number of nitrogens with one attached hydrogen (secondary N) is 1. The lowest BCUT2D eigenvalue weighted by Crippen LogP contribution is -2.31. The number of aromatic nitrogens is 3. The summed E-state index contributed by atoms with van der Waals surface area (Å²) in [5.41, 5.74) is -1.33. The van der Waals surface area contributed by atoms with Crippen LogP contribution in [0.4, 0.5) is 13.2 Å². The van der Waals surface area contributed by atoms with E-state index in [1.165, 1.54) is 32.7 Å². The average Bonchev–Trinajstić information content (AvgIpc) is 3.25. The van der Waals surface area contributed by atoms with Crippen LogP contribution >= 0.6 is 11.3 Å². The fraction of sp³-hybridized carbons (Fsp3) is 0.235. The quantitative estimate of drug-likeness (QED) is 0.721. The Morgan fingerprint density at radius 2 is 2.04 bits per heavy atom. The molecule has 3 rings (SSSR count). The molecule has 0 saturated carbocycles. The molecule has 2 aromatic heterocycles. The fourth-order valence-corrected chi connectivity index (χ4v) is 3.21. The van der Waals surface area contributed by atoms with E-state index in [9.17, 15) is 22.8 Å². The molecule has 3 aromatic rings. The highest BCUT2D eigenvalue weighted by atomic mass is 32.1. The van der Waals surface area contributed by atoms with Gasteiger partial charge in [0.15, 0.2) is 5.82 Å². The number of hydrogen-bond donors (Lipinski definition) is 1. The number of benzene rings is 1. The maximum Gasteiger partial charge on any atom is 0.416 e. The Bertz CT molecular complexity index is 1010. The first-order chi connectivity index (χ1) is 12.8. The first-order valence-corrected chi connectivity index (χ1v) is 8.78. The summed E-state index contributed by atoms with van der Waals surface area (Å²) in [5, 5.41) is 8.62. The van der Waals surface area contributed by atoms with Crippen molar-refractivity contribution in [3.8, 4) is 10.7 Å². The highest BCUT2D eigenvalue weighted by Crippen LogP contribution is 2.29. The van der Waals surface area contributed by atoms with Gasteiger partial charge < -0.3 is 5.32 Å². The standard InChI is InChI=1S/C17H15F3N4O2S/c1-23-14(13-6-3-9-27-13)22-24(16(23)26)8-7-21-15(25)11-4-2-5-12(10-11)17(18,19)20/h2-6,9-10H,7-8H2,1H3,(H,21,25). The molecule has 142 valence electrons. The molecule has 0 atom stereocenters. The van der Waals surface area contributed by atoms with Crippen LogP contribution in [0.15, 0.2) is 46.6 Å². The molecule has 6 nitrogen and oxygen atoms in total. The van der Waals surface area contributed by atoms with Crippen LogP contribution in [0, 0.1) is 0 Å². The van der Waals surface area contributed by atoms with E-state index in [1.54, 1.807) is 7.05 Å². The number of carbonyl (C=O) groups excluding carboxylic acids is 1. The van der Waals surface area contributed by atoms with Crippen molar-refractivity contribution in [2.24, 2.45) is 7.05 Å². The van der Waals surface area contributed by atoms with E-state index in [2.05, 4.69) is 10.4 Å². The van der Waals surface area contributed by atoms with Crippen molar-refractivity contribution in [1.29, 1.82) is 0 Å². The van der Waals surface area contributed by atoms with Crippen molar-refractivity contribution in [2.75, 3.05) is 6.54 Å². The van der Waals surface area contributed by atoms with Crippen molar-refractivity contribution >= 4 is 17.2 Å². The Balaban J connectivity index is 1.66. The van der Waals surface area contributed by atoms with Crippen LogP contribution in [0.25, 0.3) is 10.7 Å². The number of rotatable bonds is 5. The van der Waals surface area contributed by atoms with Crippen molar-refractivity contribution in [3.05, 3.63) is 63.4 Å². The lowest BCUT2D eigenvalue weighted by atomic mass is 10.1. The molecule has 1 amide bonds. The van der Waals surface area contributed by atoms with Crippen molar-refractivity contribution < 1.29 is 18.0 Å². The van der Waals surface area contributed by atoms with Crippen LogP contribution < -0.4 is 11.0 Å². The zero-order chi connectivity index (χ0) is 19.6. The van der Waals surface area contributed by atoms with Gasteiger partial charge in [-0.25, -0.2) is 9.48 Å². The van der Waals surface area contributed by atoms with Crippen LogP contribution in [0.5, 0.6) is 0 Å². The minimum absolute atomic E-state index is 0.0515. The van der Waals surface area contributed by atoms with E-state index < -0.39 is 17.6 Å². The molecular formula is C17H15F3N4O2S. The summed E-state index contributed by atoms with van der Waals surface area (Å²) in [7, 11) is 1.60. The lowest BCUT2D eigenvalue weighted by Gasteiger charge is -2.09. The molecule has 1 N–H and O–H groups in total. The second kappa shape index (κ2) is 7.39. The number of carbonyl (C=O) groups is 1. The van der Waals surface area contributed by atoms with E-state index in [4.69, 9.17) is 0 Å². The molecule has 0 bridgehead atoms. The minimum atomic E-state index is -4.52. The molecule has 0 unspecified atom stereocenters.